The van der Waals surface area contributed by atoms with E-state index in [2.05, 4.69) is 5.32 Å². The monoisotopic (exact) mass is 349 g/mol. The molecule has 7 nitrogen and oxygen atoms in total. The van der Waals surface area contributed by atoms with E-state index < -0.39 is 11.1 Å². The zero-order valence-corrected chi connectivity index (χ0v) is 13.9. The average molecular weight is 349 g/mol. The van der Waals surface area contributed by atoms with Gasteiger partial charge in [0.1, 0.15) is 11.5 Å². The number of para-hydroxylation sites is 1. The van der Waals surface area contributed by atoms with Gasteiger partial charge < -0.3 is 14.6 Å². The van der Waals surface area contributed by atoms with Crippen molar-refractivity contribution in [2.75, 3.05) is 11.9 Å². The number of anilines is 1. The summed E-state index contributed by atoms with van der Waals surface area (Å²) in [6.07, 6.45) is -0.427. The topological polar surface area (TPSA) is 88.6 Å². The second-order valence-electron chi connectivity index (χ2n) is 6.01. The van der Waals surface area contributed by atoms with Gasteiger partial charge in [-0.3, -0.25) is 14.9 Å². The Kier molecular flexibility index (Phi) is 3.69. The van der Waals surface area contributed by atoms with Crippen molar-refractivity contribution in [1.82, 2.24) is 5.32 Å². The summed E-state index contributed by atoms with van der Waals surface area (Å²) in [5.41, 5.74) is 2.20. The molecule has 1 aromatic heterocycles. The lowest BCUT2D eigenvalue weighted by molar-refractivity contribution is -0.384. The number of rotatable bonds is 3. The van der Waals surface area contributed by atoms with Gasteiger partial charge >= 0.3 is 0 Å². The molecule has 3 aromatic rings. The molecule has 0 radical (unpaired) electrons. The first-order valence-corrected chi connectivity index (χ1v) is 8.02. The minimum atomic E-state index is -0.443. The third-order valence-corrected chi connectivity index (χ3v) is 4.44. The largest absolute Gasteiger partial charge is 0.457 e. The number of fused-ring (bicyclic) bond motifs is 1. The van der Waals surface area contributed by atoms with Crippen LogP contribution < -0.4 is 10.2 Å². The minimum Gasteiger partial charge on any atom is -0.457 e. The highest BCUT2D eigenvalue weighted by Crippen LogP contribution is 2.34. The number of nitro benzene ring substituents is 1. The third kappa shape index (κ3) is 2.59. The summed E-state index contributed by atoms with van der Waals surface area (Å²) in [6, 6.07) is 17.1. The van der Waals surface area contributed by atoms with E-state index in [1.807, 2.05) is 30.1 Å². The maximum Gasteiger partial charge on any atom is 0.269 e. The highest BCUT2D eigenvalue weighted by Gasteiger charge is 2.31. The fourth-order valence-corrected chi connectivity index (χ4v) is 3.08. The van der Waals surface area contributed by atoms with Crippen LogP contribution in [0.4, 0.5) is 11.4 Å². The lowest BCUT2D eigenvalue weighted by Crippen LogP contribution is -2.44. The van der Waals surface area contributed by atoms with Crippen molar-refractivity contribution < 1.29 is 14.1 Å². The molecule has 1 N–H and O–H groups in total. The van der Waals surface area contributed by atoms with Crippen LogP contribution in [0.15, 0.2) is 65.1 Å². The Labute approximate surface area is 149 Å². The van der Waals surface area contributed by atoms with Crippen LogP contribution in [-0.2, 0) is 0 Å². The molecule has 0 unspecified atom stereocenters. The van der Waals surface area contributed by atoms with Gasteiger partial charge in [-0.1, -0.05) is 12.1 Å². The molecular weight excluding hydrogens is 334 g/mol. The van der Waals surface area contributed by atoms with E-state index in [0.29, 0.717) is 17.1 Å². The molecule has 2 heterocycles. The Balaban J connectivity index is 1.64. The molecular formula is C19H15N3O4. The molecule has 1 aliphatic rings. The van der Waals surface area contributed by atoms with Gasteiger partial charge in [-0.25, -0.2) is 0 Å². The molecule has 2 aromatic carbocycles. The van der Waals surface area contributed by atoms with Gasteiger partial charge in [-0.15, -0.1) is 0 Å². The van der Waals surface area contributed by atoms with Crippen LogP contribution in [0.25, 0.3) is 11.3 Å². The smallest absolute Gasteiger partial charge is 0.269 e. The van der Waals surface area contributed by atoms with Crippen LogP contribution in [0, 0.1) is 10.1 Å². The molecule has 1 atom stereocenters. The van der Waals surface area contributed by atoms with E-state index >= 15 is 0 Å². The second-order valence-corrected chi connectivity index (χ2v) is 6.01. The number of amides is 1. The van der Waals surface area contributed by atoms with Gasteiger partial charge in [-0.2, -0.15) is 0 Å². The van der Waals surface area contributed by atoms with Crippen molar-refractivity contribution in [3.8, 4) is 11.3 Å². The summed E-state index contributed by atoms with van der Waals surface area (Å²) in [6.45, 7) is 0. The van der Waals surface area contributed by atoms with Gasteiger partial charge in [0.05, 0.1) is 16.2 Å². The van der Waals surface area contributed by atoms with Crippen molar-refractivity contribution in [1.29, 1.82) is 0 Å². The molecule has 0 bridgehead atoms. The number of non-ortho nitro benzene ring substituents is 1. The van der Waals surface area contributed by atoms with Crippen molar-refractivity contribution >= 4 is 17.3 Å². The van der Waals surface area contributed by atoms with Crippen molar-refractivity contribution in [2.45, 2.75) is 6.17 Å². The van der Waals surface area contributed by atoms with E-state index in [1.54, 1.807) is 30.3 Å². The molecule has 130 valence electrons. The number of hydrogen-bond acceptors (Lipinski definition) is 5. The number of nitrogens with zero attached hydrogens (tertiary/aromatic N) is 2. The van der Waals surface area contributed by atoms with E-state index in [9.17, 15) is 14.9 Å². The molecule has 4 rings (SSSR count). The van der Waals surface area contributed by atoms with Crippen LogP contribution in [0.1, 0.15) is 22.3 Å². The molecule has 0 aliphatic carbocycles. The predicted octanol–water partition coefficient (Wildman–Crippen LogP) is 3.73. The van der Waals surface area contributed by atoms with Crippen molar-refractivity contribution in [3.05, 3.63) is 82.1 Å². The number of furan rings is 1. The first-order valence-electron chi connectivity index (χ1n) is 8.02. The number of carbonyl (C=O) groups is 1. The quantitative estimate of drug-likeness (QED) is 0.575. The molecule has 26 heavy (non-hydrogen) atoms. The molecule has 7 heteroatoms. The fraction of sp³-hybridized carbons (Fsp3) is 0.105. The number of hydrogen-bond donors (Lipinski definition) is 1. The normalized spacial score (nSPS) is 16.1. The predicted molar refractivity (Wildman–Crippen MR) is 95.9 cm³/mol. The fourth-order valence-electron chi connectivity index (χ4n) is 3.08. The van der Waals surface area contributed by atoms with Gasteiger partial charge in [0.25, 0.3) is 11.6 Å². The number of nitro groups is 1. The molecule has 0 saturated heterocycles. The standard InChI is InChI=1S/C19H15N3O4/c1-21-15-5-3-2-4-14(15)19(23)20-18(21)17-11-10-16(26-17)12-6-8-13(9-7-12)22(24)25/h2-11,18H,1H3,(H,20,23)/t18-/m1/s1. The Morgan fingerprint density at radius 3 is 2.54 bits per heavy atom. The summed E-state index contributed by atoms with van der Waals surface area (Å²) in [7, 11) is 1.89. The highest BCUT2D eigenvalue weighted by atomic mass is 16.6. The Hall–Kier alpha value is -3.61. The van der Waals surface area contributed by atoms with Crippen molar-refractivity contribution in [2.24, 2.45) is 0 Å². The first kappa shape index (κ1) is 15.9. The van der Waals surface area contributed by atoms with Crippen LogP contribution in [0.5, 0.6) is 0 Å². The summed E-state index contributed by atoms with van der Waals surface area (Å²) in [4.78, 5) is 24.6. The maximum absolute atomic E-state index is 12.3. The van der Waals surface area contributed by atoms with Crippen LogP contribution in [-0.4, -0.2) is 17.9 Å². The minimum absolute atomic E-state index is 0.0245. The lowest BCUT2D eigenvalue weighted by atomic mass is 10.1. The number of carbonyl (C=O) groups excluding carboxylic acids is 1. The van der Waals surface area contributed by atoms with E-state index in [1.165, 1.54) is 12.1 Å². The number of benzene rings is 2. The molecule has 0 spiro atoms. The molecule has 1 aliphatic heterocycles. The van der Waals surface area contributed by atoms with E-state index in [0.717, 1.165) is 11.3 Å². The van der Waals surface area contributed by atoms with Crippen LogP contribution in [0.3, 0.4) is 0 Å². The highest BCUT2D eigenvalue weighted by molar-refractivity contribution is 6.01. The Bertz CT molecular complexity index is 994. The lowest BCUT2D eigenvalue weighted by Gasteiger charge is -2.34. The third-order valence-electron chi connectivity index (χ3n) is 4.44. The Morgan fingerprint density at radius 2 is 1.81 bits per heavy atom. The SMILES string of the molecule is CN1c2ccccc2C(=O)N[C@H]1c1ccc(-c2ccc([N+](=O)[O-])cc2)o1. The summed E-state index contributed by atoms with van der Waals surface area (Å²) >= 11 is 0. The van der Waals surface area contributed by atoms with Crippen LogP contribution >= 0.6 is 0 Å². The van der Waals surface area contributed by atoms with Crippen LogP contribution in [0.2, 0.25) is 0 Å². The molecule has 0 fully saturated rings. The average Bonchev–Trinajstić information content (AvgIpc) is 3.15. The zero-order valence-electron chi connectivity index (χ0n) is 13.9. The summed E-state index contributed by atoms with van der Waals surface area (Å²) in [5.74, 6) is 1.01. The second kappa shape index (κ2) is 6.03. The first-order chi connectivity index (χ1) is 12.5. The molecule has 0 saturated carbocycles. The van der Waals surface area contributed by atoms with E-state index in [-0.39, 0.29) is 11.6 Å². The maximum atomic E-state index is 12.3. The number of nitrogens with one attached hydrogen (secondary N) is 1. The van der Waals surface area contributed by atoms with Crippen molar-refractivity contribution in [3.63, 3.8) is 0 Å². The zero-order chi connectivity index (χ0) is 18.3. The van der Waals surface area contributed by atoms with Gasteiger partial charge in [-0.05, 0) is 36.4 Å². The summed E-state index contributed by atoms with van der Waals surface area (Å²) < 4.78 is 5.92. The Morgan fingerprint density at radius 1 is 1.08 bits per heavy atom. The summed E-state index contributed by atoms with van der Waals surface area (Å²) in [5, 5.41) is 13.7. The van der Waals surface area contributed by atoms with Gasteiger partial charge in [0, 0.05) is 24.7 Å². The van der Waals surface area contributed by atoms with Gasteiger partial charge in [0.15, 0.2) is 6.17 Å². The van der Waals surface area contributed by atoms with E-state index in [4.69, 9.17) is 4.42 Å². The van der Waals surface area contributed by atoms with Gasteiger partial charge in [0.2, 0.25) is 0 Å². The molecule has 1 amide bonds.